The molecule has 0 radical (unpaired) electrons. The van der Waals surface area contributed by atoms with E-state index in [2.05, 4.69) is 31.9 Å². The summed E-state index contributed by atoms with van der Waals surface area (Å²) >= 11 is 8.40. The molecule has 5 heteroatoms. The summed E-state index contributed by atoms with van der Waals surface area (Å²) in [6.45, 7) is 0. The van der Waals surface area contributed by atoms with E-state index in [1.807, 2.05) is 30.3 Å². The number of hydrogen-bond acceptors (Lipinski definition) is 3. The lowest BCUT2D eigenvalue weighted by molar-refractivity contribution is 0.220. The lowest BCUT2D eigenvalue weighted by Gasteiger charge is -2.10. The molecule has 1 heterocycles. The Kier molecular flexibility index (Phi) is 4.25. The smallest absolute Gasteiger partial charge is 0.118 e. The molecule has 2 nitrogen and oxygen atoms in total. The molecule has 1 atom stereocenters. The topological polar surface area (TPSA) is 29.5 Å². The van der Waals surface area contributed by atoms with Crippen molar-refractivity contribution in [2.75, 3.05) is 7.11 Å². The number of ether oxygens (including phenoxy) is 1. The van der Waals surface area contributed by atoms with Crippen LogP contribution in [-0.2, 0) is 0 Å². The van der Waals surface area contributed by atoms with Crippen molar-refractivity contribution in [1.82, 2.24) is 0 Å². The summed E-state index contributed by atoms with van der Waals surface area (Å²) in [5, 5.41) is 10.3. The van der Waals surface area contributed by atoms with Gasteiger partial charge in [-0.25, -0.2) is 0 Å². The van der Waals surface area contributed by atoms with Gasteiger partial charge in [0.2, 0.25) is 0 Å². The third-order valence-electron chi connectivity index (χ3n) is 2.41. The van der Waals surface area contributed by atoms with E-state index >= 15 is 0 Å². The summed E-state index contributed by atoms with van der Waals surface area (Å²) < 4.78 is 7.02. The number of aliphatic hydroxyl groups excluding tert-OH is 1. The van der Waals surface area contributed by atoms with Gasteiger partial charge in [0.15, 0.2) is 0 Å². The van der Waals surface area contributed by atoms with E-state index in [9.17, 15) is 5.11 Å². The van der Waals surface area contributed by atoms with Gasteiger partial charge in [-0.05, 0) is 55.6 Å². The molecule has 90 valence electrons. The number of methoxy groups -OCH3 is 1. The minimum atomic E-state index is -0.627. The van der Waals surface area contributed by atoms with Gasteiger partial charge in [0.05, 0.1) is 14.7 Å². The second-order valence-electron chi connectivity index (χ2n) is 3.46. The Morgan fingerprint density at radius 2 is 1.88 bits per heavy atom. The van der Waals surface area contributed by atoms with Gasteiger partial charge >= 0.3 is 0 Å². The fourth-order valence-electron chi connectivity index (χ4n) is 1.51. The van der Waals surface area contributed by atoms with Crippen LogP contribution in [0.3, 0.4) is 0 Å². The third-order valence-corrected chi connectivity index (χ3v) is 4.79. The summed E-state index contributed by atoms with van der Waals surface area (Å²) in [4.78, 5) is 0. The normalized spacial score (nSPS) is 12.5. The Bertz CT molecular complexity index is 508. The predicted octanol–water partition coefficient (Wildman–Crippen LogP) is 4.36. The Morgan fingerprint density at radius 1 is 1.24 bits per heavy atom. The van der Waals surface area contributed by atoms with Gasteiger partial charge in [0.1, 0.15) is 11.9 Å². The van der Waals surface area contributed by atoms with Crippen LogP contribution in [0.15, 0.2) is 37.9 Å². The first kappa shape index (κ1) is 13.1. The number of halogens is 2. The summed E-state index contributed by atoms with van der Waals surface area (Å²) in [6, 6.07) is 9.33. The zero-order chi connectivity index (χ0) is 12.4. The summed E-state index contributed by atoms with van der Waals surface area (Å²) in [5.74, 6) is 0.784. The Morgan fingerprint density at radius 3 is 2.35 bits per heavy atom. The highest BCUT2D eigenvalue weighted by Gasteiger charge is 2.16. The zero-order valence-corrected chi connectivity index (χ0v) is 13.0. The Labute approximate surface area is 121 Å². The van der Waals surface area contributed by atoms with Crippen LogP contribution in [0, 0.1) is 0 Å². The van der Waals surface area contributed by atoms with Gasteiger partial charge in [-0.1, -0.05) is 12.1 Å². The average Bonchev–Trinajstić information content (AvgIpc) is 2.68. The maximum absolute atomic E-state index is 10.3. The van der Waals surface area contributed by atoms with Gasteiger partial charge in [0, 0.05) is 5.56 Å². The molecule has 0 amide bonds. The molecule has 1 aromatic carbocycles. The number of benzene rings is 1. The SMILES string of the molecule is COc1ccc(C(O)c2cc(Br)sc2Br)cc1. The van der Waals surface area contributed by atoms with Gasteiger partial charge < -0.3 is 9.84 Å². The molecule has 1 N–H and O–H groups in total. The van der Waals surface area contributed by atoms with Crippen molar-refractivity contribution in [1.29, 1.82) is 0 Å². The van der Waals surface area contributed by atoms with Gasteiger partial charge in [-0.3, -0.25) is 0 Å². The molecule has 2 rings (SSSR count). The molecule has 17 heavy (non-hydrogen) atoms. The summed E-state index contributed by atoms with van der Waals surface area (Å²) in [6.07, 6.45) is -0.627. The van der Waals surface area contributed by atoms with E-state index in [-0.39, 0.29) is 0 Å². The Balaban J connectivity index is 2.30. The molecule has 0 aliphatic rings. The fourth-order valence-corrected chi connectivity index (χ4v) is 4.39. The quantitative estimate of drug-likeness (QED) is 0.860. The second-order valence-corrected chi connectivity index (χ2v) is 7.20. The highest BCUT2D eigenvalue weighted by atomic mass is 79.9. The molecule has 0 bridgehead atoms. The molecule has 2 aromatic rings. The molecule has 0 aliphatic carbocycles. The number of rotatable bonds is 3. The Hall–Kier alpha value is -0.360. The lowest BCUT2D eigenvalue weighted by atomic mass is 10.0. The van der Waals surface area contributed by atoms with Gasteiger partial charge in [-0.15, -0.1) is 11.3 Å². The van der Waals surface area contributed by atoms with E-state index in [1.165, 1.54) is 0 Å². The molecular formula is C12H10Br2O2S. The molecule has 0 saturated heterocycles. The molecular weight excluding hydrogens is 368 g/mol. The summed E-state index contributed by atoms with van der Waals surface area (Å²) in [7, 11) is 1.62. The van der Waals surface area contributed by atoms with Crippen LogP contribution in [0.2, 0.25) is 0 Å². The number of hydrogen-bond donors (Lipinski definition) is 1. The summed E-state index contributed by atoms with van der Waals surface area (Å²) in [5.41, 5.74) is 1.71. The van der Waals surface area contributed by atoms with Crippen molar-refractivity contribution < 1.29 is 9.84 Å². The van der Waals surface area contributed by atoms with Crippen LogP contribution in [0.4, 0.5) is 0 Å². The second kappa shape index (κ2) is 5.52. The molecule has 1 aromatic heterocycles. The van der Waals surface area contributed by atoms with Crippen LogP contribution in [-0.4, -0.2) is 12.2 Å². The van der Waals surface area contributed by atoms with Crippen molar-refractivity contribution in [3.8, 4) is 5.75 Å². The fraction of sp³-hybridized carbons (Fsp3) is 0.167. The van der Waals surface area contributed by atoms with Crippen LogP contribution >= 0.6 is 43.2 Å². The van der Waals surface area contributed by atoms with E-state index in [0.29, 0.717) is 0 Å². The minimum absolute atomic E-state index is 0.627. The molecule has 0 spiro atoms. The average molecular weight is 378 g/mol. The van der Waals surface area contributed by atoms with Gasteiger partial charge in [-0.2, -0.15) is 0 Å². The van der Waals surface area contributed by atoms with Crippen LogP contribution in [0.1, 0.15) is 17.2 Å². The maximum Gasteiger partial charge on any atom is 0.118 e. The number of thiophene rings is 1. The predicted molar refractivity (Wildman–Crippen MR) is 76.8 cm³/mol. The first-order chi connectivity index (χ1) is 8.11. The minimum Gasteiger partial charge on any atom is -0.497 e. The molecule has 0 fully saturated rings. The first-order valence-corrected chi connectivity index (χ1v) is 7.29. The van der Waals surface area contributed by atoms with Crippen LogP contribution in [0.25, 0.3) is 0 Å². The van der Waals surface area contributed by atoms with E-state index in [0.717, 1.165) is 24.4 Å². The van der Waals surface area contributed by atoms with E-state index in [1.54, 1.807) is 18.4 Å². The maximum atomic E-state index is 10.3. The van der Waals surface area contributed by atoms with Gasteiger partial charge in [0.25, 0.3) is 0 Å². The standard InChI is InChI=1S/C12H10Br2O2S/c1-16-8-4-2-7(3-5-8)11(15)9-6-10(13)17-12(9)14/h2-6,11,15H,1H3. The monoisotopic (exact) mass is 376 g/mol. The van der Waals surface area contributed by atoms with Crippen molar-refractivity contribution in [3.63, 3.8) is 0 Å². The van der Waals surface area contributed by atoms with E-state index in [4.69, 9.17) is 4.74 Å². The highest BCUT2D eigenvalue weighted by Crippen LogP contribution is 2.37. The highest BCUT2D eigenvalue weighted by molar-refractivity contribution is 9.12. The first-order valence-electron chi connectivity index (χ1n) is 4.88. The van der Waals surface area contributed by atoms with Crippen molar-refractivity contribution >= 4 is 43.2 Å². The van der Waals surface area contributed by atoms with Crippen molar-refractivity contribution in [2.24, 2.45) is 0 Å². The van der Waals surface area contributed by atoms with Crippen molar-refractivity contribution in [2.45, 2.75) is 6.10 Å². The zero-order valence-electron chi connectivity index (χ0n) is 8.98. The van der Waals surface area contributed by atoms with E-state index < -0.39 is 6.10 Å². The third kappa shape index (κ3) is 2.91. The lowest BCUT2D eigenvalue weighted by Crippen LogP contribution is -1.98. The number of aliphatic hydroxyl groups is 1. The molecule has 0 aliphatic heterocycles. The molecule has 1 unspecified atom stereocenters. The van der Waals surface area contributed by atoms with Crippen molar-refractivity contribution in [3.05, 3.63) is 49.0 Å². The van der Waals surface area contributed by atoms with Crippen LogP contribution < -0.4 is 4.74 Å². The molecule has 0 saturated carbocycles. The largest absolute Gasteiger partial charge is 0.497 e. The van der Waals surface area contributed by atoms with Crippen LogP contribution in [0.5, 0.6) is 5.75 Å².